The number of rotatable bonds is 7. The van der Waals surface area contributed by atoms with Gasteiger partial charge in [0, 0.05) is 17.8 Å². The summed E-state index contributed by atoms with van der Waals surface area (Å²) in [4.78, 5) is 28.4. The molecule has 0 aliphatic heterocycles. The van der Waals surface area contributed by atoms with Crippen LogP contribution < -0.4 is 0 Å². The Morgan fingerprint density at radius 1 is 1.50 bits per heavy atom. The molecule has 108 valence electrons. The molecule has 0 aliphatic carbocycles. The highest BCUT2D eigenvalue weighted by atomic mass is 35.5. The summed E-state index contributed by atoms with van der Waals surface area (Å²) in [5.41, 5.74) is 1.06. The first-order valence-electron chi connectivity index (χ1n) is 6.26. The molecular formula is C14H17ClN2O3. The van der Waals surface area contributed by atoms with Crippen LogP contribution in [0.2, 0.25) is 5.15 Å². The van der Waals surface area contributed by atoms with Gasteiger partial charge in [0.25, 0.3) is 5.91 Å². The lowest BCUT2D eigenvalue weighted by Gasteiger charge is -2.19. The Labute approximate surface area is 122 Å². The Kier molecular flexibility index (Phi) is 6.18. The smallest absolute Gasteiger partial charge is 0.323 e. The molecule has 0 unspecified atom stereocenters. The fourth-order valence-corrected chi connectivity index (χ4v) is 2.01. The lowest BCUT2D eigenvalue weighted by Crippen LogP contribution is -2.35. The van der Waals surface area contributed by atoms with Crippen molar-refractivity contribution in [1.82, 2.24) is 9.88 Å². The number of aromatic nitrogens is 1. The highest BCUT2D eigenvalue weighted by Gasteiger charge is 2.18. The minimum absolute atomic E-state index is 0.161. The molecule has 0 spiro atoms. The van der Waals surface area contributed by atoms with Gasteiger partial charge in [-0.2, -0.15) is 0 Å². The number of hydrogen-bond donors (Lipinski definition) is 1. The Balaban J connectivity index is 3.03. The standard InChI is InChI=1S/C14H17ClN2O3/c1-3-5-11-7-10(8-12(15)16-11)14(20)17(6-4-2)9-13(18)19/h4,7-8H,2-3,5-6,9H2,1H3,(H,18,19). The maximum atomic E-state index is 12.3. The molecule has 1 aromatic heterocycles. The van der Waals surface area contributed by atoms with Crippen molar-refractivity contribution in [3.05, 3.63) is 41.2 Å². The first kappa shape index (κ1) is 16.2. The van der Waals surface area contributed by atoms with Gasteiger partial charge in [-0.25, -0.2) is 4.98 Å². The van der Waals surface area contributed by atoms with Gasteiger partial charge in [-0.05, 0) is 18.6 Å². The number of halogens is 1. The van der Waals surface area contributed by atoms with E-state index in [1.54, 1.807) is 6.07 Å². The van der Waals surface area contributed by atoms with Crippen LogP contribution >= 0.6 is 11.6 Å². The molecule has 1 rings (SSSR count). The summed E-state index contributed by atoms with van der Waals surface area (Å²) in [6.07, 6.45) is 3.07. The van der Waals surface area contributed by atoms with Crippen molar-refractivity contribution in [3.63, 3.8) is 0 Å². The zero-order chi connectivity index (χ0) is 15.1. The number of aryl methyl sites for hydroxylation is 1. The Hall–Kier alpha value is -1.88. The number of hydrogen-bond acceptors (Lipinski definition) is 3. The Morgan fingerprint density at radius 2 is 2.20 bits per heavy atom. The van der Waals surface area contributed by atoms with E-state index in [2.05, 4.69) is 11.6 Å². The molecule has 6 heteroatoms. The SMILES string of the molecule is C=CCN(CC(=O)O)C(=O)c1cc(Cl)nc(CCC)c1. The normalized spacial score (nSPS) is 10.1. The second-order valence-electron chi connectivity index (χ2n) is 4.29. The number of nitrogens with zero attached hydrogens (tertiary/aromatic N) is 2. The Bertz CT molecular complexity index is 517. The highest BCUT2D eigenvalue weighted by Crippen LogP contribution is 2.14. The second kappa shape index (κ2) is 7.65. The number of carboxylic acid groups (broad SMARTS) is 1. The molecule has 1 aromatic rings. The molecule has 0 fully saturated rings. The summed E-state index contributed by atoms with van der Waals surface area (Å²) >= 11 is 5.90. The lowest BCUT2D eigenvalue weighted by molar-refractivity contribution is -0.137. The third kappa shape index (κ3) is 4.66. The summed E-state index contributed by atoms with van der Waals surface area (Å²) in [7, 11) is 0. The van der Waals surface area contributed by atoms with Crippen LogP contribution in [0.3, 0.4) is 0 Å². The number of carbonyl (C=O) groups is 2. The van der Waals surface area contributed by atoms with Gasteiger partial charge in [-0.3, -0.25) is 9.59 Å². The van der Waals surface area contributed by atoms with Crippen LogP contribution in [0.1, 0.15) is 29.4 Å². The van der Waals surface area contributed by atoms with E-state index in [1.165, 1.54) is 17.0 Å². The van der Waals surface area contributed by atoms with E-state index >= 15 is 0 Å². The van der Waals surface area contributed by atoms with Gasteiger partial charge < -0.3 is 10.0 Å². The fourth-order valence-electron chi connectivity index (χ4n) is 1.78. The number of carboxylic acids is 1. The van der Waals surface area contributed by atoms with Crippen LogP contribution in [0.15, 0.2) is 24.8 Å². The van der Waals surface area contributed by atoms with Crippen LogP contribution in [0.5, 0.6) is 0 Å². The van der Waals surface area contributed by atoms with E-state index in [9.17, 15) is 9.59 Å². The second-order valence-corrected chi connectivity index (χ2v) is 4.68. The first-order chi connectivity index (χ1) is 9.47. The van der Waals surface area contributed by atoms with Crippen LogP contribution in [0, 0.1) is 0 Å². The van der Waals surface area contributed by atoms with Gasteiger partial charge in [0.15, 0.2) is 0 Å². The van der Waals surface area contributed by atoms with Gasteiger partial charge in [-0.1, -0.05) is 31.0 Å². The third-order valence-corrected chi connectivity index (χ3v) is 2.76. The number of amides is 1. The summed E-state index contributed by atoms with van der Waals surface area (Å²) in [6.45, 7) is 5.30. The molecule has 0 radical (unpaired) electrons. The van der Waals surface area contributed by atoms with Crippen molar-refractivity contribution in [3.8, 4) is 0 Å². The summed E-state index contributed by atoms with van der Waals surface area (Å²) in [6, 6.07) is 3.09. The molecule has 0 saturated heterocycles. The molecule has 1 heterocycles. The van der Waals surface area contributed by atoms with Crippen LogP contribution in [0.4, 0.5) is 0 Å². The molecular weight excluding hydrogens is 280 g/mol. The summed E-state index contributed by atoms with van der Waals surface area (Å²) in [5, 5.41) is 9.06. The predicted octanol–water partition coefficient (Wildman–Crippen LogP) is 2.40. The molecule has 1 N–H and O–H groups in total. The van der Waals surface area contributed by atoms with Crippen molar-refractivity contribution in [2.24, 2.45) is 0 Å². The van der Waals surface area contributed by atoms with Gasteiger partial charge in [0.05, 0.1) is 0 Å². The molecule has 0 saturated carbocycles. The molecule has 1 amide bonds. The molecule has 0 aromatic carbocycles. The van der Waals surface area contributed by atoms with E-state index in [-0.39, 0.29) is 18.2 Å². The van der Waals surface area contributed by atoms with Gasteiger partial charge in [0.1, 0.15) is 11.7 Å². The lowest BCUT2D eigenvalue weighted by atomic mass is 10.1. The maximum Gasteiger partial charge on any atom is 0.323 e. The largest absolute Gasteiger partial charge is 0.480 e. The third-order valence-electron chi connectivity index (χ3n) is 2.56. The van der Waals surface area contributed by atoms with E-state index in [1.807, 2.05) is 6.92 Å². The molecule has 0 aliphatic rings. The molecule has 20 heavy (non-hydrogen) atoms. The zero-order valence-electron chi connectivity index (χ0n) is 11.3. The van der Waals surface area contributed by atoms with Crippen molar-refractivity contribution in [2.75, 3.05) is 13.1 Å². The number of aliphatic carboxylic acids is 1. The van der Waals surface area contributed by atoms with Crippen LogP contribution in [0.25, 0.3) is 0 Å². The van der Waals surface area contributed by atoms with Crippen LogP contribution in [-0.2, 0) is 11.2 Å². The zero-order valence-corrected chi connectivity index (χ0v) is 12.1. The monoisotopic (exact) mass is 296 g/mol. The van der Waals surface area contributed by atoms with Crippen molar-refractivity contribution in [1.29, 1.82) is 0 Å². The predicted molar refractivity (Wildman–Crippen MR) is 77.0 cm³/mol. The number of carbonyl (C=O) groups excluding carboxylic acids is 1. The summed E-state index contributed by atoms with van der Waals surface area (Å²) < 4.78 is 0. The van der Waals surface area contributed by atoms with E-state index in [4.69, 9.17) is 16.7 Å². The minimum atomic E-state index is -1.07. The Morgan fingerprint density at radius 3 is 2.75 bits per heavy atom. The van der Waals surface area contributed by atoms with Crippen molar-refractivity contribution >= 4 is 23.5 Å². The molecule has 0 atom stereocenters. The van der Waals surface area contributed by atoms with E-state index in [0.29, 0.717) is 12.0 Å². The maximum absolute atomic E-state index is 12.3. The summed E-state index contributed by atoms with van der Waals surface area (Å²) in [5.74, 6) is -1.47. The average Bonchev–Trinajstić information content (AvgIpc) is 2.36. The van der Waals surface area contributed by atoms with Crippen LogP contribution in [-0.4, -0.2) is 40.0 Å². The number of pyridine rings is 1. The van der Waals surface area contributed by atoms with E-state index < -0.39 is 11.9 Å². The van der Waals surface area contributed by atoms with Crippen molar-refractivity contribution < 1.29 is 14.7 Å². The first-order valence-corrected chi connectivity index (χ1v) is 6.64. The molecule has 5 nitrogen and oxygen atoms in total. The average molecular weight is 297 g/mol. The van der Waals surface area contributed by atoms with Gasteiger partial charge >= 0.3 is 5.97 Å². The molecule has 0 bridgehead atoms. The van der Waals surface area contributed by atoms with Crippen molar-refractivity contribution in [2.45, 2.75) is 19.8 Å². The topological polar surface area (TPSA) is 70.5 Å². The van der Waals surface area contributed by atoms with E-state index in [0.717, 1.165) is 12.1 Å². The van der Waals surface area contributed by atoms with Gasteiger partial charge in [-0.15, -0.1) is 6.58 Å². The minimum Gasteiger partial charge on any atom is -0.480 e. The quantitative estimate of drug-likeness (QED) is 0.619. The fraction of sp³-hybridized carbons (Fsp3) is 0.357. The van der Waals surface area contributed by atoms with Gasteiger partial charge in [0.2, 0.25) is 0 Å². The highest BCUT2D eigenvalue weighted by molar-refractivity contribution is 6.29.